The van der Waals surface area contributed by atoms with E-state index in [0.29, 0.717) is 17.0 Å². The quantitative estimate of drug-likeness (QED) is 0.844. The van der Waals surface area contributed by atoms with Gasteiger partial charge in [-0.25, -0.2) is 0 Å². The average Bonchev–Trinajstić information content (AvgIpc) is 2.36. The third-order valence-electron chi connectivity index (χ3n) is 3.69. The van der Waals surface area contributed by atoms with Crippen LogP contribution >= 0.6 is 0 Å². The molecule has 1 aromatic rings. The van der Waals surface area contributed by atoms with Crippen molar-refractivity contribution < 1.29 is 15.0 Å². The van der Waals surface area contributed by atoms with Gasteiger partial charge in [0.25, 0.3) is 0 Å². The minimum absolute atomic E-state index is 0.132. The van der Waals surface area contributed by atoms with Crippen molar-refractivity contribution in [2.24, 2.45) is 0 Å². The first-order chi connectivity index (χ1) is 8.34. The summed E-state index contributed by atoms with van der Waals surface area (Å²) in [4.78, 5) is 11.4. The SMILES string of the molecule is CCC(C)c1ccc(CO)c(C(C)(C)C(=O)O)c1. The molecule has 0 heterocycles. The van der Waals surface area contributed by atoms with Gasteiger partial charge in [0.15, 0.2) is 0 Å². The smallest absolute Gasteiger partial charge is 0.313 e. The molecular formula is C15H22O3. The second-order valence-corrected chi connectivity index (χ2v) is 5.31. The van der Waals surface area contributed by atoms with Crippen molar-refractivity contribution in [2.75, 3.05) is 0 Å². The molecule has 0 aliphatic carbocycles. The van der Waals surface area contributed by atoms with E-state index in [2.05, 4.69) is 13.8 Å². The molecule has 1 rings (SSSR count). The topological polar surface area (TPSA) is 57.5 Å². The lowest BCUT2D eigenvalue weighted by atomic mass is 9.80. The van der Waals surface area contributed by atoms with Crippen molar-refractivity contribution in [1.82, 2.24) is 0 Å². The Bertz CT molecular complexity index is 435. The first kappa shape index (κ1) is 14.7. The van der Waals surface area contributed by atoms with Crippen molar-refractivity contribution in [1.29, 1.82) is 0 Å². The highest BCUT2D eigenvalue weighted by atomic mass is 16.4. The van der Waals surface area contributed by atoms with E-state index >= 15 is 0 Å². The number of carboxylic acids is 1. The van der Waals surface area contributed by atoms with E-state index in [1.807, 2.05) is 18.2 Å². The summed E-state index contributed by atoms with van der Waals surface area (Å²) < 4.78 is 0. The fourth-order valence-electron chi connectivity index (χ4n) is 1.97. The number of hydrogen-bond acceptors (Lipinski definition) is 2. The summed E-state index contributed by atoms with van der Waals surface area (Å²) in [5.74, 6) is -0.486. The zero-order chi connectivity index (χ0) is 13.9. The molecule has 0 radical (unpaired) electrons. The van der Waals surface area contributed by atoms with Gasteiger partial charge in [0.1, 0.15) is 0 Å². The summed E-state index contributed by atoms with van der Waals surface area (Å²) in [5.41, 5.74) is 1.53. The lowest BCUT2D eigenvalue weighted by molar-refractivity contribution is -0.142. The molecular weight excluding hydrogens is 228 g/mol. The van der Waals surface area contributed by atoms with Crippen LogP contribution in [0.4, 0.5) is 0 Å². The van der Waals surface area contributed by atoms with Gasteiger partial charge in [-0.3, -0.25) is 4.79 Å². The molecule has 0 spiro atoms. The summed E-state index contributed by atoms with van der Waals surface area (Å²) in [6.45, 7) is 7.43. The van der Waals surface area contributed by atoms with Gasteiger partial charge < -0.3 is 10.2 Å². The Morgan fingerprint density at radius 2 is 2.00 bits per heavy atom. The Morgan fingerprint density at radius 1 is 1.39 bits per heavy atom. The molecule has 0 saturated carbocycles. The Balaban J connectivity index is 3.35. The number of hydrogen-bond donors (Lipinski definition) is 2. The zero-order valence-corrected chi connectivity index (χ0v) is 11.5. The monoisotopic (exact) mass is 250 g/mol. The highest BCUT2D eigenvalue weighted by Gasteiger charge is 2.31. The van der Waals surface area contributed by atoms with Crippen molar-refractivity contribution in [2.45, 2.75) is 52.1 Å². The molecule has 1 aromatic carbocycles. The van der Waals surface area contributed by atoms with Crippen LogP contribution in [0, 0.1) is 0 Å². The van der Waals surface area contributed by atoms with Gasteiger partial charge in [0.2, 0.25) is 0 Å². The number of aliphatic hydroxyl groups is 1. The predicted octanol–water partition coefficient (Wildman–Crippen LogP) is 3.05. The Hall–Kier alpha value is -1.35. The number of aliphatic hydroxyl groups excluding tert-OH is 1. The normalized spacial score (nSPS) is 13.4. The second kappa shape index (κ2) is 5.53. The number of aliphatic carboxylic acids is 1. The van der Waals surface area contributed by atoms with Gasteiger partial charge in [-0.2, -0.15) is 0 Å². The molecule has 0 aliphatic rings. The molecule has 0 fully saturated rings. The summed E-state index contributed by atoms with van der Waals surface area (Å²) in [5, 5.41) is 18.7. The summed E-state index contributed by atoms with van der Waals surface area (Å²) >= 11 is 0. The van der Waals surface area contributed by atoms with Gasteiger partial charge in [-0.1, -0.05) is 32.0 Å². The van der Waals surface area contributed by atoms with E-state index in [-0.39, 0.29) is 6.61 Å². The molecule has 2 N–H and O–H groups in total. The van der Waals surface area contributed by atoms with E-state index in [1.54, 1.807) is 13.8 Å². The van der Waals surface area contributed by atoms with E-state index in [0.717, 1.165) is 12.0 Å². The van der Waals surface area contributed by atoms with E-state index in [9.17, 15) is 15.0 Å². The van der Waals surface area contributed by atoms with Crippen LogP contribution in [0.3, 0.4) is 0 Å². The molecule has 18 heavy (non-hydrogen) atoms. The highest BCUT2D eigenvalue weighted by Crippen LogP contribution is 2.31. The van der Waals surface area contributed by atoms with Crippen LogP contribution < -0.4 is 0 Å². The maximum absolute atomic E-state index is 11.4. The molecule has 0 amide bonds. The molecule has 100 valence electrons. The van der Waals surface area contributed by atoms with Crippen LogP contribution in [0.1, 0.15) is 56.7 Å². The van der Waals surface area contributed by atoms with Crippen LogP contribution in [0.5, 0.6) is 0 Å². The van der Waals surface area contributed by atoms with E-state index in [1.165, 1.54) is 0 Å². The fraction of sp³-hybridized carbons (Fsp3) is 0.533. The highest BCUT2D eigenvalue weighted by molar-refractivity contribution is 5.81. The molecule has 3 nitrogen and oxygen atoms in total. The molecule has 0 aliphatic heterocycles. The third-order valence-corrected chi connectivity index (χ3v) is 3.69. The van der Waals surface area contributed by atoms with Crippen LogP contribution in [-0.2, 0) is 16.8 Å². The fourth-order valence-corrected chi connectivity index (χ4v) is 1.97. The maximum atomic E-state index is 11.4. The van der Waals surface area contributed by atoms with Crippen molar-refractivity contribution in [3.8, 4) is 0 Å². The Morgan fingerprint density at radius 3 is 2.44 bits per heavy atom. The zero-order valence-electron chi connectivity index (χ0n) is 11.5. The van der Waals surface area contributed by atoms with Crippen LogP contribution in [0.15, 0.2) is 18.2 Å². The molecule has 1 atom stereocenters. The standard InChI is InChI=1S/C15H22O3/c1-5-10(2)11-6-7-12(9-16)13(8-11)15(3,4)14(17)18/h6-8,10,16H,5,9H2,1-4H3,(H,17,18). The number of carboxylic acid groups (broad SMARTS) is 1. The van der Waals surface area contributed by atoms with Gasteiger partial charge in [0, 0.05) is 0 Å². The van der Waals surface area contributed by atoms with Crippen LogP contribution in [-0.4, -0.2) is 16.2 Å². The summed E-state index contributed by atoms with van der Waals surface area (Å²) in [6.07, 6.45) is 1.01. The molecule has 0 saturated heterocycles. The van der Waals surface area contributed by atoms with Crippen molar-refractivity contribution >= 4 is 5.97 Å². The lowest BCUT2D eigenvalue weighted by Gasteiger charge is -2.24. The summed E-state index contributed by atoms with van der Waals surface area (Å²) in [6, 6.07) is 5.73. The average molecular weight is 250 g/mol. The number of carbonyl (C=O) groups is 1. The van der Waals surface area contributed by atoms with Gasteiger partial charge >= 0.3 is 5.97 Å². The van der Waals surface area contributed by atoms with Gasteiger partial charge in [0.05, 0.1) is 12.0 Å². The van der Waals surface area contributed by atoms with Crippen LogP contribution in [0.2, 0.25) is 0 Å². The second-order valence-electron chi connectivity index (χ2n) is 5.31. The van der Waals surface area contributed by atoms with Gasteiger partial charge in [-0.05, 0) is 42.9 Å². The van der Waals surface area contributed by atoms with E-state index < -0.39 is 11.4 Å². The van der Waals surface area contributed by atoms with Gasteiger partial charge in [-0.15, -0.1) is 0 Å². The molecule has 3 heteroatoms. The lowest BCUT2D eigenvalue weighted by Crippen LogP contribution is -2.30. The van der Waals surface area contributed by atoms with Crippen LogP contribution in [0.25, 0.3) is 0 Å². The molecule has 0 bridgehead atoms. The first-order valence-corrected chi connectivity index (χ1v) is 6.32. The predicted molar refractivity (Wildman–Crippen MR) is 71.7 cm³/mol. The number of benzene rings is 1. The minimum Gasteiger partial charge on any atom is -0.481 e. The Labute approximate surface area is 108 Å². The minimum atomic E-state index is -0.985. The summed E-state index contributed by atoms with van der Waals surface area (Å²) in [7, 11) is 0. The third kappa shape index (κ3) is 2.72. The molecule has 0 aromatic heterocycles. The van der Waals surface area contributed by atoms with Crippen molar-refractivity contribution in [3.63, 3.8) is 0 Å². The van der Waals surface area contributed by atoms with Crippen molar-refractivity contribution in [3.05, 3.63) is 34.9 Å². The number of rotatable bonds is 5. The Kier molecular flexibility index (Phi) is 4.52. The van der Waals surface area contributed by atoms with E-state index in [4.69, 9.17) is 0 Å². The molecule has 1 unspecified atom stereocenters. The maximum Gasteiger partial charge on any atom is 0.313 e. The first-order valence-electron chi connectivity index (χ1n) is 6.32. The largest absolute Gasteiger partial charge is 0.481 e.